The molecule has 10 atom stereocenters. The second-order valence-corrected chi connectivity index (χ2v) is 16.0. The van der Waals surface area contributed by atoms with Gasteiger partial charge in [0.1, 0.15) is 12.6 Å². The number of rotatable bonds is 4. The van der Waals surface area contributed by atoms with Gasteiger partial charge in [0, 0.05) is 12.3 Å². The van der Waals surface area contributed by atoms with Crippen LogP contribution < -0.4 is 5.32 Å². The van der Waals surface area contributed by atoms with E-state index < -0.39 is 11.4 Å². The van der Waals surface area contributed by atoms with Gasteiger partial charge < -0.3 is 14.8 Å². The quantitative estimate of drug-likeness (QED) is 0.295. The minimum absolute atomic E-state index is 0.0175. The smallest absolute Gasteiger partial charge is 0.325 e. The number of hydrogen-bond donors (Lipinski definition) is 1. The molecule has 3 unspecified atom stereocenters. The van der Waals surface area contributed by atoms with Gasteiger partial charge in [-0.15, -0.1) is 0 Å². The Hall–Kier alpha value is -1.85. The third-order valence-electron chi connectivity index (χ3n) is 14.3. The molecule has 230 valence electrons. The van der Waals surface area contributed by atoms with E-state index in [1.165, 1.54) is 19.1 Å². The molecular formula is C35H55NO5. The van der Waals surface area contributed by atoms with E-state index in [1.807, 2.05) is 0 Å². The van der Waals surface area contributed by atoms with Crippen LogP contribution >= 0.6 is 0 Å². The lowest BCUT2D eigenvalue weighted by Gasteiger charge is -2.71. The molecule has 0 bridgehead atoms. The second-order valence-electron chi connectivity index (χ2n) is 16.0. The number of hydrogen-bond acceptors (Lipinski definition) is 5. The number of carbonyl (C=O) groups is 3. The highest BCUT2D eigenvalue weighted by atomic mass is 16.5. The standard InChI is InChI=1S/C35H55NO5/c1-21-12-17-35(30(39)36-20-28(38)40-9)19-18-33(7)24(29(35)22(21)2)10-11-26-32(6)15-14-27(41-23(3)37)31(4,5)25(32)13-16-34(26,33)8/h10,21-22,25-27,29H,11-20H2,1-9H3,(H,36,39)/t21-,22+,25?,26?,27+,29?,32+,33-,34-,35+/m1/s1. The topological polar surface area (TPSA) is 81.7 Å². The Morgan fingerprint density at radius 3 is 2.29 bits per heavy atom. The van der Waals surface area contributed by atoms with E-state index in [-0.39, 0.29) is 52.1 Å². The van der Waals surface area contributed by atoms with Gasteiger partial charge in [0.15, 0.2) is 0 Å². The number of fused-ring (bicyclic) bond motifs is 7. The van der Waals surface area contributed by atoms with Crippen molar-refractivity contribution in [2.45, 2.75) is 119 Å². The molecule has 0 spiro atoms. The van der Waals surface area contributed by atoms with Crippen molar-refractivity contribution in [2.75, 3.05) is 13.7 Å². The predicted octanol–water partition coefficient (Wildman–Crippen LogP) is 6.86. The van der Waals surface area contributed by atoms with Crippen LogP contribution in [0.3, 0.4) is 0 Å². The Bertz CT molecular complexity index is 1130. The Kier molecular flexibility index (Phi) is 7.55. The third kappa shape index (κ3) is 4.26. The number of carbonyl (C=O) groups excluding carboxylic acids is 3. The lowest BCUT2D eigenvalue weighted by molar-refractivity contribution is -0.212. The van der Waals surface area contributed by atoms with E-state index in [4.69, 9.17) is 9.47 Å². The van der Waals surface area contributed by atoms with Crippen molar-refractivity contribution in [1.82, 2.24) is 5.32 Å². The van der Waals surface area contributed by atoms with Gasteiger partial charge in [-0.1, -0.05) is 60.1 Å². The lowest BCUT2D eigenvalue weighted by Crippen LogP contribution is -2.66. The monoisotopic (exact) mass is 569 g/mol. The normalized spacial score (nSPS) is 46.4. The Labute approximate surface area is 248 Å². The molecule has 0 radical (unpaired) electrons. The minimum atomic E-state index is -0.459. The van der Waals surface area contributed by atoms with Gasteiger partial charge in [-0.25, -0.2) is 0 Å². The van der Waals surface area contributed by atoms with Gasteiger partial charge in [0.2, 0.25) is 5.91 Å². The molecule has 4 saturated carbocycles. The molecule has 0 aromatic rings. The van der Waals surface area contributed by atoms with Crippen molar-refractivity contribution in [3.05, 3.63) is 11.6 Å². The zero-order valence-corrected chi connectivity index (χ0v) is 27.2. The van der Waals surface area contributed by atoms with Crippen LogP contribution in [0.5, 0.6) is 0 Å². The van der Waals surface area contributed by atoms with Crippen molar-refractivity contribution in [3.63, 3.8) is 0 Å². The maximum Gasteiger partial charge on any atom is 0.325 e. The Balaban J connectivity index is 1.53. The van der Waals surface area contributed by atoms with Crippen LogP contribution in [0.25, 0.3) is 0 Å². The summed E-state index contributed by atoms with van der Waals surface area (Å²) in [7, 11) is 1.37. The van der Waals surface area contributed by atoms with Crippen LogP contribution in [0.1, 0.15) is 113 Å². The molecule has 5 aliphatic carbocycles. The molecule has 4 fully saturated rings. The van der Waals surface area contributed by atoms with Gasteiger partial charge in [-0.3, -0.25) is 14.4 Å². The first-order valence-corrected chi connectivity index (χ1v) is 16.3. The Morgan fingerprint density at radius 2 is 1.63 bits per heavy atom. The number of amides is 1. The van der Waals surface area contributed by atoms with Crippen LogP contribution in [0.4, 0.5) is 0 Å². The van der Waals surface area contributed by atoms with Gasteiger partial charge in [-0.05, 0) is 104 Å². The molecule has 5 rings (SSSR count). The van der Waals surface area contributed by atoms with E-state index >= 15 is 0 Å². The fourth-order valence-corrected chi connectivity index (χ4v) is 11.7. The molecule has 1 N–H and O–H groups in total. The Morgan fingerprint density at radius 1 is 0.927 bits per heavy atom. The molecule has 1 amide bonds. The van der Waals surface area contributed by atoms with Crippen LogP contribution in [-0.4, -0.2) is 37.6 Å². The van der Waals surface area contributed by atoms with E-state index in [0.717, 1.165) is 51.4 Å². The SMILES string of the molecule is COC(=O)CNC(=O)[C@]12CC[C@@H](C)[C@H](C)C1C1=CCC3[C@@]4(C)CC[C@H](OC(C)=O)C(C)(C)C4CC[C@@]3(C)[C@]1(C)CC2. The number of allylic oxidation sites excluding steroid dienone is 2. The van der Waals surface area contributed by atoms with Crippen molar-refractivity contribution < 1.29 is 23.9 Å². The van der Waals surface area contributed by atoms with E-state index in [0.29, 0.717) is 23.7 Å². The van der Waals surface area contributed by atoms with E-state index in [1.54, 1.807) is 6.92 Å². The molecule has 6 heteroatoms. The fraction of sp³-hybridized carbons (Fsp3) is 0.857. The van der Waals surface area contributed by atoms with Crippen molar-refractivity contribution in [1.29, 1.82) is 0 Å². The summed E-state index contributed by atoms with van der Waals surface area (Å²) in [4.78, 5) is 37.9. The van der Waals surface area contributed by atoms with Gasteiger partial charge in [-0.2, -0.15) is 0 Å². The van der Waals surface area contributed by atoms with Gasteiger partial charge in [0.05, 0.1) is 12.5 Å². The summed E-state index contributed by atoms with van der Waals surface area (Å²) >= 11 is 0. The summed E-state index contributed by atoms with van der Waals surface area (Å²) in [6.07, 6.45) is 11.8. The van der Waals surface area contributed by atoms with Crippen LogP contribution in [0, 0.1) is 56.7 Å². The largest absolute Gasteiger partial charge is 0.468 e. The summed E-state index contributed by atoms with van der Waals surface area (Å²) < 4.78 is 10.7. The highest BCUT2D eigenvalue weighted by molar-refractivity contribution is 5.87. The van der Waals surface area contributed by atoms with Crippen molar-refractivity contribution >= 4 is 17.8 Å². The zero-order chi connectivity index (χ0) is 30.2. The first-order valence-electron chi connectivity index (χ1n) is 16.3. The average molecular weight is 570 g/mol. The van der Waals surface area contributed by atoms with Crippen LogP contribution in [0.2, 0.25) is 0 Å². The molecule has 0 aromatic carbocycles. The predicted molar refractivity (Wildman–Crippen MR) is 160 cm³/mol. The lowest BCUT2D eigenvalue weighted by atomic mass is 9.33. The number of nitrogens with one attached hydrogen (secondary N) is 1. The molecule has 41 heavy (non-hydrogen) atoms. The first-order chi connectivity index (χ1) is 19.1. The molecule has 5 aliphatic rings. The highest BCUT2D eigenvalue weighted by Crippen LogP contribution is 2.75. The van der Waals surface area contributed by atoms with E-state index in [2.05, 4.69) is 59.9 Å². The number of ether oxygens (including phenoxy) is 2. The molecule has 0 saturated heterocycles. The summed E-state index contributed by atoms with van der Waals surface area (Å²) in [5, 5.41) is 3.00. The van der Waals surface area contributed by atoms with Crippen LogP contribution in [0.15, 0.2) is 11.6 Å². The summed E-state index contributed by atoms with van der Waals surface area (Å²) in [5.74, 6) is 1.70. The molecular weight excluding hydrogens is 514 g/mol. The minimum Gasteiger partial charge on any atom is -0.468 e. The molecule has 0 aliphatic heterocycles. The highest BCUT2D eigenvalue weighted by Gasteiger charge is 2.69. The maximum absolute atomic E-state index is 14.0. The van der Waals surface area contributed by atoms with Crippen LogP contribution in [-0.2, 0) is 23.9 Å². The fourth-order valence-electron chi connectivity index (χ4n) is 11.7. The van der Waals surface area contributed by atoms with Crippen molar-refractivity contribution in [3.8, 4) is 0 Å². The molecule has 6 nitrogen and oxygen atoms in total. The molecule has 0 aromatic heterocycles. The summed E-state index contributed by atoms with van der Waals surface area (Å²) in [6, 6.07) is 0. The molecule has 0 heterocycles. The van der Waals surface area contributed by atoms with E-state index in [9.17, 15) is 14.4 Å². The van der Waals surface area contributed by atoms with Gasteiger partial charge in [0.25, 0.3) is 0 Å². The number of esters is 2. The van der Waals surface area contributed by atoms with Crippen molar-refractivity contribution in [2.24, 2.45) is 56.7 Å². The summed E-state index contributed by atoms with van der Waals surface area (Å²) in [5.41, 5.74) is 1.36. The summed E-state index contributed by atoms with van der Waals surface area (Å²) in [6.45, 7) is 18.5. The maximum atomic E-state index is 14.0. The zero-order valence-electron chi connectivity index (χ0n) is 27.2. The second kappa shape index (κ2) is 10.1. The third-order valence-corrected chi connectivity index (χ3v) is 14.3. The van der Waals surface area contributed by atoms with Gasteiger partial charge >= 0.3 is 11.9 Å². The first kappa shape index (κ1) is 30.6. The number of methoxy groups -OCH3 is 1. The average Bonchev–Trinajstić information content (AvgIpc) is 2.91.